The van der Waals surface area contributed by atoms with Gasteiger partial charge in [0, 0.05) is 29.6 Å². The standard InChI is InChI=1S/C20H17ClN4O2/c1-13-7-8-15(21)10-18(13)25-20(27)17-6-2-5-16(24-17)19(26)23-12-14-4-3-9-22-11-14/h2-11H,12H2,1H3,(H,23,26)(H,25,27). The molecular formula is C20H17ClN4O2. The molecule has 2 heterocycles. The van der Waals surface area contributed by atoms with Gasteiger partial charge in [-0.1, -0.05) is 29.8 Å². The minimum Gasteiger partial charge on any atom is -0.347 e. The maximum absolute atomic E-state index is 12.5. The Morgan fingerprint density at radius 1 is 1.04 bits per heavy atom. The number of benzene rings is 1. The van der Waals surface area contributed by atoms with Crippen LogP contribution in [-0.4, -0.2) is 21.8 Å². The second-order valence-corrected chi connectivity index (χ2v) is 6.30. The average molecular weight is 381 g/mol. The minimum atomic E-state index is -0.415. The summed E-state index contributed by atoms with van der Waals surface area (Å²) in [5.74, 6) is -0.783. The highest BCUT2D eigenvalue weighted by atomic mass is 35.5. The molecule has 0 aliphatic carbocycles. The van der Waals surface area contributed by atoms with Gasteiger partial charge in [0.15, 0.2) is 0 Å². The van der Waals surface area contributed by atoms with E-state index in [1.165, 1.54) is 0 Å². The van der Waals surface area contributed by atoms with Crippen molar-refractivity contribution in [1.82, 2.24) is 15.3 Å². The molecule has 6 nitrogen and oxygen atoms in total. The van der Waals surface area contributed by atoms with Crippen LogP contribution in [0, 0.1) is 6.92 Å². The van der Waals surface area contributed by atoms with Gasteiger partial charge in [-0.05, 0) is 48.4 Å². The van der Waals surface area contributed by atoms with E-state index < -0.39 is 5.91 Å². The van der Waals surface area contributed by atoms with E-state index in [4.69, 9.17) is 11.6 Å². The lowest BCUT2D eigenvalue weighted by Crippen LogP contribution is -2.25. The molecule has 3 aromatic rings. The van der Waals surface area contributed by atoms with Crippen LogP contribution >= 0.6 is 11.6 Å². The molecule has 0 aliphatic heterocycles. The Balaban J connectivity index is 1.69. The normalized spacial score (nSPS) is 10.3. The summed E-state index contributed by atoms with van der Waals surface area (Å²) in [6.07, 6.45) is 3.33. The van der Waals surface area contributed by atoms with E-state index in [-0.39, 0.29) is 17.3 Å². The maximum Gasteiger partial charge on any atom is 0.274 e. The fourth-order valence-corrected chi connectivity index (χ4v) is 2.55. The van der Waals surface area contributed by atoms with E-state index in [0.717, 1.165) is 11.1 Å². The molecule has 27 heavy (non-hydrogen) atoms. The van der Waals surface area contributed by atoms with Crippen LogP contribution in [0.1, 0.15) is 32.1 Å². The van der Waals surface area contributed by atoms with Gasteiger partial charge in [-0.25, -0.2) is 4.98 Å². The number of nitrogens with one attached hydrogen (secondary N) is 2. The second-order valence-electron chi connectivity index (χ2n) is 5.87. The number of hydrogen-bond acceptors (Lipinski definition) is 4. The van der Waals surface area contributed by atoms with Gasteiger partial charge in [0.25, 0.3) is 11.8 Å². The average Bonchev–Trinajstić information content (AvgIpc) is 2.69. The molecule has 1 aromatic carbocycles. The smallest absolute Gasteiger partial charge is 0.274 e. The summed E-state index contributed by atoms with van der Waals surface area (Å²) in [4.78, 5) is 32.9. The predicted molar refractivity (Wildman–Crippen MR) is 104 cm³/mol. The fourth-order valence-electron chi connectivity index (χ4n) is 2.38. The van der Waals surface area contributed by atoms with Crippen molar-refractivity contribution in [2.75, 3.05) is 5.32 Å². The first-order valence-electron chi connectivity index (χ1n) is 8.24. The van der Waals surface area contributed by atoms with Crippen molar-refractivity contribution in [2.24, 2.45) is 0 Å². The van der Waals surface area contributed by atoms with E-state index >= 15 is 0 Å². The first-order valence-corrected chi connectivity index (χ1v) is 8.62. The molecule has 0 saturated carbocycles. The lowest BCUT2D eigenvalue weighted by atomic mass is 10.2. The number of carbonyl (C=O) groups is 2. The zero-order valence-electron chi connectivity index (χ0n) is 14.6. The van der Waals surface area contributed by atoms with Gasteiger partial charge in [-0.3, -0.25) is 14.6 Å². The van der Waals surface area contributed by atoms with Crippen LogP contribution in [0.25, 0.3) is 0 Å². The summed E-state index contributed by atoms with van der Waals surface area (Å²) in [5.41, 5.74) is 2.65. The van der Waals surface area contributed by atoms with Gasteiger partial charge in [0.2, 0.25) is 0 Å². The van der Waals surface area contributed by atoms with Crippen molar-refractivity contribution >= 4 is 29.1 Å². The maximum atomic E-state index is 12.5. The Hall–Kier alpha value is -3.25. The van der Waals surface area contributed by atoms with Crippen LogP contribution in [-0.2, 0) is 6.54 Å². The summed E-state index contributed by atoms with van der Waals surface area (Å²) in [6, 6.07) is 13.6. The quantitative estimate of drug-likeness (QED) is 0.708. The molecule has 0 fully saturated rings. The predicted octanol–water partition coefficient (Wildman–Crippen LogP) is 3.62. The Morgan fingerprint density at radius 3 is 2.56 bits per heavy atom. The zero-order chi connectivity index (χ0) is 19.2. The third-order valence-electron chi connectivity index (χ3n) is 3.84. The number of nitrogens with zero attached hydrogens (tertiary/aromatic N) is 2. The highest BCUT2D eigenvalue weighted by Gasteiger charge is 2.13. The van der Waals surface area contributed by atoms with Crippen molar-refractivity contribution in [3.63, 3.8) is 0 Å². The summed E-state index contributed by atoms with van der Waals surface area (Å²) < 4.78 is 0. The number of anilines is 1. The Kier molecular flexibility index (Phi) is 5.78. The van der Waals surface area contributed by atoms with Crippen LogP contribution in [0.2, 0.25) is 5.02 Å². The Bertz CT molecular complexity index is 977. The Labute approximate surface area is 161 Å². The number of aromatic nitrogens is 2. The first-order chi connectivity index (χ1) is 13.0. The van der Waals surface area contributed by atoms with E-state index in [1.807, 2.05) is 19.1 Å². The molecule has 7 heteroatoms. The summed E-state index contributed by atoms with van der Waals surface area (Å²) >= 11 is 5.97. The van der Waals surface area contributed by atoms with Crippen molar-refractivity contribution < 1.29 is 9.59 Å². The molecule has 2 aromatic heterocycles. The van der Waals surface area contributed by atoms with Crippen LogP contribution in [0.5, 0.6) is 0 Å². The van der Waals surface area contributed by atoms with Crippen molar-refractivity contribution in [3.05, 3.63) is 88.5 Å². The SMILES string of the molecule is Cc1ccc(Cl)cc1NC(=O)c1cccc(C(=O)NCc2cccnc2)n1. The highest BCUT2D eigenvalue weighted by molar-refractivity contribution is 6.31. The molecule has 3 rings (SSSR count). The molecule has 0 saturated heterocycles. The second kappa shape index (κ2) is 8.42. The molecular weight excluding hydrogens is 364 g/mol. The van der Waals surface area contributed by atoms with Crippen LogP contribution in [0.15, 0.2) is 60.9 Å². The number of amides is 2. The largest absolute Gasteiger partial charge is 0.347 e. The molecule has 0 unspecified atom stereocenters. The number of pyridine rings is 2. The molecule has 2 N–H and O–H groups in total. The highest BCUT2D eigenvalue weighted by Crippen LogP contribution is 2.20. The van der Waals surface area contributed by atoms with E-state index in [2.05, 4.69) is 20.6 Å². The number of rotatable bonds is 5. The third-order valence-corrected chi connectivity index (χ3v) is 4.07. The topological polar surface area (TPSA) is 84.0 Å². The molecule has 2 amide bonds. The van der Waals surface area contributed by atoms with Crippen molar-refractivity contribution in [1.29, 1.82) is 0 Å². The van der Waals surface area contributed by atoms with E-state index in [0.29, 0.717) is 17.3 Å². The van der Waals surface area contributed by atoms with Crippen molar-refractivity contribution in [3.8, 4) is 0 Å². The third kappa shape index (κ3) is 4.89. The minimum absolute atomic E-state index is 0.142. The summed E-state index contributed by atoms with van der Waals surface area (Å²) in [6.45, 7) is 2.19. The molecule has 0 radical (unpaired) electrons. The van der Waals surface area contributed by atoms with Gasteiger partial charge in [0.1, 0.15) is 11.4 Å². The van der Waals surface area contributed by atoms with Gasteiger partial charge in [-0.15, -0.1) is 0 Å². The zero-order valence-corrected chi connectivity index (χ0v) is 15.3. The molecule has 0 atom stereocenters. The molecule has 0 aliphatic rings. The van der Waals surface area contributed by atoms with Gasteiger partial charge < -0.3 is 10.6 Å². The van der Waals surface area contributed by atoms with E-state index in [1.54, 1.807) is 48.8 Å². The fraction of sp³-hybridized carbons (Fsp3) is 0.100. The molecule has 0 spiro atoms. The summed E-state index contributed by atoms with van der Waals surface area (Å²) in [7, 11) is 0. The lowest BCUT2D eigenvalue weighted by molar-refractivity contribution is 0.0945. The lowest BCUT2D eigenvalue weighted by Gasteiger charge is -2.09. The number of hydrogen-bond donors (Lipinski definition) is 2. The van der Waals surface area contributed by atoms with Crippen LogP contribution < -0.4 is 10.6 Å². The van der Waals surface area contributed by atoms with Gasteiger partial charge in [0.05, 0.1) is 0 Å². The van der Waals surface area contributed by atoms with Gasteiger partial charge in [-0.2, -0.15) is 0 Å². The molecule has 0 bridgehead atoms. The van der Waals surface area contributed by atoms with Gasteiger partial charge >= 0.3 is 0 Å². The monoisotopic (exact) mass is 380 g/mol. The first kappa shape index (κ1) is 18.5. The summed E-state index contributed by atoms with van der Waals surface area (Å²) in [5, 5.41) is 6.04. The number of aryl methyl sites for hydroxylation is 1. The number of carbonyl (C=O) groups excluding carboxylic acids is 2. The number of halogens is 1. The molecule has 136 valence electrons. The van der Waals surface area contributed by atoms with E-state index in [9.17, 15) is 9.59 Å². The Morgan fingerprint density at radius 2 is 1.81 bits per heavy atom. The van der Waals surface area contributed by atoms with Crippen molar-refractivity contribution in [2.45, 2.75) is 13.5 Å². The van der Waals surface area contributed by atoms with Crippen LogP contribution in [0.3, 0.4) is 0 Å². The van der Waals surface area contributed by atoms with Crippen LogP contribution in [0.4, 0.5) is 5.69 Å².